The molecule has 1 unspecified atom stereocenters. The fraction of sp³-hybridized carbons (Fsp3) is 0.250. The summed E-state index contributed by atoms with van der Waals surface area (Å²) in [5.74, 6) is 0. The van der Waals surface area contributed by atoms with Gasteiger partial charge in [-0.15, -0.1) is 0 Å². The molecule has 0 heterocycles. The number of hydrogen-bond acceptors (Lipinski definition) is 1. The molecule has 94 valence electrons. The topological polar surface area (TPSA) is 17.1 Å². The summed E-state index contributed by atoms with van der Waals surface area (Å²) in [6, 6.07) is 16.0. The van der Waals surface area contributed by atoms with Crippen LogP contribution in [0.1, 0.15) is 16.7 Å². The summed E-state index contributed by atoms with van der Waals surface area (Å²) < 4.78 is 10.8. The smallest absolute Gasteiger partial charge is 0.0684 e. The molecule has 0 aliphatic carbocycles. The van der Waals surface area contributed by atoms with E-state index in [-0.39, 0.29) is 0 Å². The van der Waals surface area contributed by atoms with E-state index in [1.807, 2.05) is 30.3 Å². The van der Waals surface area contributed by atoms with Gasteiger partial charge in [-0.25, -0.2) is 0 Å². The number of hydrogen-bond donors (Lipinski definition) is 0. The molecule has 0 aliphatic rings. The molecule has 0 radical (unpaired) electrons. The monoisotopic (exact) mass is 259 g/mol. The number of benzene rings is 2. The van der Waals surface area contributed by atoms with Crippen LogP contribution in [-0.2, 0) is 4.57 Å². The Labute approximate surface area is 111 Å². The summed E-state index contributed by atoms with van der Waals surface area (Å²) in [6.45, 7) is 8.09. The van der Waals surface area contributed by atoms with Gasteiger partial charge in [0.15, 0.2) is 5.30 Å². The highest BCUT2D eigenvalue weighted by atomic mass is 31.1. The third-order valence-corrected chi connectivity index (χ3v) is 3.51. The molecule has 0 aromatic heterocycles. The van der Waals surface area contributed by atoms with Gasteiger partial charge in [0, 0.05) is 0 Å². The molecule has 2 aromatic rings. The van der Waals surface area contributed by atoms with Crippen LogP contribution in [0.3, 0.4) is 0 Å². The van der Waals surface area contributed by atoms with Crippen molar-refractivity contribution < 1.29 is 4.57 Å². The van der Waals surface area contributed by atoms with Gasteiger partial charge in [-0.05, 0) is 32.9 Å². The SMILES string of the molecule is C[P+](=O)c1ccccc1.Cc1cc(C)cc(C)c1. The Morgan fingerprint density at radius 2 is 1.17 bits per heavy atom. The Morgan fingerprint density at radius 3 is 1.44 bits per heavy atom. The van der Waals surface area contributed by atoms with Crippen LogP contribution in [-0.4, -0.2) is 6.66 Å². The predicted octanol–water partition coefficient (Wildman–Crippen LogP) is 4.38. The summed E-state index contributed by atoms with van der Waals surface area (Å²) in [6.07, 6.45) is 0. The minimum absolute atomic E-state index is 0.924. The van der Waals surface area contributed by atoms with Gasteiger partial charge < -0.3 is 0 Å². The highest BCUT2D eigenvalue weighted by molar-refractivity contribution is 7.52. The van der Waals surface area contributed by atoms with Crippen molar-refractivity contribution in [1.82, 2.24) is 0 Å². The minimum Gasteiger partial charge on any atom is -0.0684 e. The second-order valence-electron chi connectivity index (χ2n) is 4.50. The van der Waals surface area contributed by atoms with Crippen molar-refractivity contribution in [2.45, 2.75) is 20.8 Å². The molecule has 0 aliphatic heterocycles. The zero-order valence-electron chi connectivity index (χ0n) is 11.5. The molecule has 0 amide bonds. The van der Waals surface area contributed by atoms with Gasteiger partial charge in [0.05, 0.1) is 0 Å². The van der Waals surface area contributed by atoms with Crippen LogP contribution < -0.4 is 5.30 Å². The molecule has 0 saturated heterocycles. The fourth-order valence-electron chi connectivity index (χ4n) is 1.84. The first kappa shape index (κ1) is 14.6. The Morgan fingerprint density at radius 1 is 0.778 bits per heavy atom. The Hall–Kier alpha value is -1.46. The first-order chi connectivity index (χ1) is 8.49. The van der Waals surface area contributed by atoms with Gasteiger partial charge in [-0.3, -0.25) is 0 Å². The van der Waals surface area contributed by atoms with Crippen molar-refractivity contribution in [2.75, 3.05) is 6.66 Å². The molecule has 0 bridgehead atoms. The van der Waals surface area contributed by atoms with Crippen LogP contribution in [0.25, 0.3) is 0 Å². The summed E-state index contributed by atoms with van der Waals surface area (Å²) in [5.41, 5.74) is 4.06. The lowest BCUT2D eigenvalue weighted by molar-refractivity contribution is 0.596. The molecule has 2 heteroatoms. The molecular weight excluding hydrogens is 239 g/mol. The van der Waals surface area contributed by atoms with E-state index < -0.39 is 7.80 Å². The summed E-state index contributed by atoms with van der Waals surface area (Å²) >= 11 is 0. The van der Waals surface area contributed by atoms with E-state index in [0.717, 1.165) is 5.30 Å². The van der Waals surface area contributed by atoms with Crippen molar-refractivity contribution in [1.29, 1.82) is 0 Å². The van der Waals surface area contributed by atoms with Crippen molar-refractivity contribution in [3.8, 4) is 0 Å². The fourth-order valence-corrected chi connectivity index (χ4v) is 2.43. The third kappa shape index (κ3) is 5.25. The largest absolute Gasteiger partial charge is 0.373 e. The summed E-state index contributed by atoms with van der Waals surface area (Å²) in [7, 11) is -1.15. The van der Waals surface area contributed by atoms with Crippen LogP contribution in [0.5, 0.6) is 0 Å². The third-order valence-electron chi connectivity index (χ3n) is 2.49. The highest BCUT2D eigenvalue weighted by Crippen LogP contribution is 2.11. The van der Waals surface area contributed by atoms with Crippen molar-refractivity contribution in [3.63, 3.8) is 0 Å². The Kier molecular flexibility index (Phi) is 5.74. The first-order valence-corrected chi connectivity index (χ1v) is 7.70. The highest BCUT2D eigenvalue weighted by Gasteiger charge is 2.07. The van der Waals surface area contributed by atoms with Crippen molar-refractivity contribution in [2.24, 2.45) is 0 Å². The van der Waals surface area contributed by atoms with Gasteiger partial charge in [0.2, 0.25) is 0 Å². The average molecular weight is 259 g/mol. The maximum Gasteiger partial charge on any atom is 0.373 e. The summed E-state index contributed by atoms with van der Waals surface area (Å²) in [4.78, 5) is 0. The minimum atomic E-state index is -1.15. The van der Waals surface area contributed by atoms with E-state index in [9.17, 15) is 4.57 Å². The first-order valence-electron chi connectivity index (χ1n) is 6.00. The van der Waals surface area contributed by atoms with Gasteiger partial charge in [0.1, 0.15) is 6.66 Å². The van der Waals surface area contributed by atoms with Crippen LogP contribution in [0.15, 0.2) is 48.5 Å². The summed E-state index contributed by atoms with van der Waals surface area (Å²) in [5, 5.41) is 0.924. The average Bonchev–Trinajstić information content (AvgIpc) is 2.29. The van der Waals surface area contributed by atoms with E-state index in [1.165, 1.54) is 16.7 Å². The van der Waals surface area contributed by atoms with Gasteiger partial charge >= 0.3 is 7.80 Å². The molecule has 0 N–H and O–H groups in total. The van der Waals surface area contributed by atoms with Crippen LogP contribution in [0.4, 0.5) is 0 Å². The van der Waals surface area contributed by atoms with Crippen molar-refractivity contribution in [3.05, 3.63) is 65.2 Å². The zero-order chi connectivity index (χ0) is 13.5. The number of aryl methyl sites for hydroxylation is 3. The van der Waals surface area contributed by atoms with Crippen LogP contribution in [0.2, 0.25) is 0 Å². The molecule has 0 spiro atoms. The van der Waals surface area contributed by atoms with E-state index in [1.54, 1.807) is 6.66 Å². The molecule has 1 nitrogen and oxygen atoms in total. The second-order valence-corrected chi connectivity index (χ2v) is 6.01. The lowest BCUT2D eigenvalue weighted by Crippen LogP contribution is -1.91. The molecule has 2 rings (SSSR count). The van der Waals surface area contributed by atoms with Gasteiger partial charge in [-0.1, -0.05) is 57.7 Å². The standard InChI is InChI=1S/C9H12.C7H8OP/c1-7-4-8(2)6-9(3)5-7;1-9(8)7-5-3-2-4-6-7/h4-6H,1-3H3;2-6H,1H3/q;+1. The quantitative estimate of drug-likeness (QED) is 0.694. The van der Waals surface area contributed by atoms with E-state index in [4.69, 9.17) is 0 Å². The lowest BCUT2D eigenvalue weighted by atomic mass is 10.1. The van der Waals surface area contributed by atoms with Crippen LogP contribution >= 0.6 is 7.80 Å². The van der Waals surface area contributed by atoms with Gasteiger partial charge in [0.25, 0.3) is 0 Å². The normalized spacial score (nSPS) is 10.3. The Balaban J connectivity index is 0.000000180. The number of rotatable bonds is 1. The molecule has 18 heavy (non-hydrogen) atoms. The molecule has 2 aromatic carbocycles. The molecular formula is C16H20OP+. The molecule has 0 fully saturated rings. The lowest BCUT2D eigenvalue weighted by Gasteiger charge is -1.96. The van der Waals surface area contributed by atoms with E-state index >= 15 is 0 Å². The van der Waals surface area contributed by atoms with E-state index in [0.29, 0.717) is 0 Å². The molecule has 0 saturated carbocycles. The van der Waals surface area contributed by atoms with Crippen molar-refractivity contribution >= 4 is 13.1 Å². The maximum absolute atomic E-state index is 10.8. The predicted molar refractivity (Wildman–Crippen MR) is 80.3 cm³/mol. The van der Waals surface area contributed by atoms with Gasteiger partial charge in [-0.2, -0.15) is 0 Å². The van der Waals surface area contributed by atoms with Crippen LogP contribution in [0, 0.1) is 20.8 Å². The zero-order valence-corrected chi connectivity index (χ0v) is 12.4. The maximum atomic E-state index is 10.8. The van der Waals surface area contributed by atoms with E-state index in [2.05, 4.69) is 39.0 Å². The second kappa shape index (κ2) is 7.08. The molecule has 1 atom stereocenters. The Bertz CT molecular complexity index is 467.